The molecule has 0 atom stereocenters. The Balaban J connectivity index is 1.75. The lowest BCUT2D eigenvalue weighted by Crippen LogP contribution is -2.29. The Bertz CT molecular complexity index is 848. The van der Waals surface area contributed by atoms with Crippen molar-refractivity contribution in [1.82, 2.24) is 4.90 Å². The van der Waals surface area contributed by atoms with Crippen LogP contribution in [0, 0.1) is 0 Å². The largest absolute Gasteiger partial charge is 0.493 e. The highest BCUT2D eigenvalue weighted by Crippen LogP contribution is 2.36. The Kier molecular flexibility index (Phi) is 6.39. The Labute approximate surface area is 170 Å². The van der Waals surface area contributed by atoms with E-state index in [4.69, 9.17) is 14.2 Å². The summed E-state index contributed by atoms with van der Waals surface area (Å²) < 4.78 is 16.3. The average Bonchev–Trinajstić information content (AvgIpc) is 3.00. The molecule has 2 aromatic carbocycles. The van der Waals surface area contributed by atoms with Crippen LogP contribution in [0.5, 0.6) is 17.2 Å². The molecule has 1 aliphatic rings. The van der Waals surface area contributed by atoms with Gasteiger partial charge >= 0.3 is 0 Å². The quantitative estimate of drug-likeness (QED) is 0.604. The van der Waals surface area contributed by atoms with E-state index in [1.54, 1.807) is 36.4 Å². The zero-order valence-corrected chi connectivity index (χ0v) is 17.2. The fourth-order valence-corrected chi connectivity index (χ4v) is 3.32. The van der Waals surface area contributed by atoms with E-state index < -0.39 is 0 Å². The molecule has 1 aliphatic heterocycles. The molecule has 29 heavy (non-hydrogen) atoms. The van der Waals surface area contributed by atoms with Gasteiger partial charge in [0.2, 0.25) is 0 Å². The van der Waals surface area contributed by atoms with Crippen molar-refractivity contribution in [2.45, 2.75) is 13.8 Å². The number of carbonyl (C=O) groups excluding carboxylic acids is 2. The summed E-state index contributed by atoms with van der Waals surface area (Å²) in [6.45, 7) is 7.61. The molecule has 3 rings (SSSR count). The molecule has 154 valence electrons. The molecule has 0 spiro atoms. The summed E-state index contributed by atoms with van der Waals surface area (Å²) in [7, 11) is 2.98. The monoisotopic (exact) mass is 398 g/mol. The molecular weight excluding hydrogens is 372 g/mol. The molecule has 2 aromatic rings. The zero-order valence-electron chi connectivity index (χ0n) is 17.2. The molecule has 0 N–H and O–H groups in total. The third-order valence-corrected chi connectivity index (χ3v) is 5.06. The predicted molar refractivity (Wildman–Crippen MR) is 110 cm³/mol. The third-order valence-electron chi connectivity index (χ3n) is 5.06. The second-order valence-corrected chi connectivity index (χ2v) is 6.57. The minimum Gasteiger partial charge on any atom is -0.493 e. The molecule has 0 aromatic heterocycles. The first-order valence-electron chi connectivity index (χ1n) is 9.64. The lowest BCUT2D eigenvalue weighted by Gasteiger charge is -2.18. The van der Waals surface area contributed by atoms with Gasteiger partial charge in [-0.2, -0.15) is 0 Å². The molecule has 0 saturated carbocycles. The van der Waals surface area contributed by atoms with Gasteiger partial charge in [0.15, 0.2) is 11.5 Å². The lowest BCUT2D eigenvalue weighted by molar-refractivity contribution is 0.0926. The van der Waals surface area contributed by atoms with Crippen LogP contribution in [0.4, 0.5) is 5.69 Å². The van der Waals surface area contributed by atoms with E-state index in [-0.39, 0.29) is 11.8 Å². The Morgan fingerprint density at radius 1 is 0.862 bits per heavy atom. The maximum atomic E-state index is 12.8. The standard InChI is InChI=1S/C22H26N2O5/c1-5-23(6-2)11-12-29-16-9-7-15(8-10-16)24-21(25)17-13-19(27-3)20(28-4)14-18(17)22(24)26/h7-10,13-14H,5-6,11-12H2,1-4H3. The molecule has 2 amide bonds. The normalized spacial score (nSPS) is 13.1. The Morgan fingerprint density at radius 2 is 1.38 bits per heavy atom. The number of likely N-dealkylation sites (N-methyl/N-ethyl adjacent to an activating group) is 1. The van der Waals surface area contributed by atoms with Crippen molar-refractivity contribution in [1.29, 1.82) is 0 Å². The van der Waals surface area contributed by atoms with Crippen molar-refractivity contribution in [2.24, 2.45) is 0 Å². The summed E-state index contributed by atoms with van der Waals surface area (Å²) in [5.41, 5.74) is 1.09. The van der Waals surface area contributed by atoms with Crippen LogP contribution in [0.25, 0.3) is 0 Å². The molecule has 7 nitrogen and oxygen atoms in total. The number of nitrogens with zero attached hydrogens (tertiary/aromatic N) is 2. The average molecular weight is 398 g/mol. The highest BCUT2D eigenvalue weighted by atomic mass is 16.5. The number of fused-ring (bicyclic) bond motifs is 1. The number of hydrogen-bond acceptors (Lipinski definition) is 6. The number of methoxy groups -OCH3 is 2. The van der Waals surface area contributed by atoms with Gasteiger partial charge < -0.3 is 19.1 Å². The molecule has 0 saturated heterocycles. The summed E-state index contributed by atoms with van der Waals surface area (Å²) in [4.78, 5) is 29.1. The number of ether oxygens (including phenoxy) is 3. The molecule has 0 radical (unpaired) electrons. The summed E-state index contributed by atoms with van der Waals surface area (Å²) in [6, 6.07) is 10.0. The van der Waals surface area contributed by atoms with Gasteiger partial charge in [0.05, 0.1) is 31.0 Å². The van der Waals surface area contributed by atoms with E-state index in [0.29, 0.717) is 40.7 Å². The number of hydrogen-bond donors (Lipinski definition) is 0. The first-order chi connectivity index (χ1) is 14.0. The van der Waals surface area contributed by atoms with E-state index in [9.17, 15) is 9.59 Å². The van der Waals surface area contributed by atoms with Crippen LogP contribution in [-0.4, -0.2) is 57.2 Å². The van der Waals surface area contributed by atoms with Gasteiger partial charge in [0.25, 0.3) is 11.8 Å². The van der Waals surface area contributed by atoms with Gasteiger partial charge in [-0.05, 0) is 49.5 Å². The van der Waals surface area contributed by atoms with Crippen LogP contribution in [-0.2, 0) is 0 Å². The van der Waals surface area contributed by atoms with Gasteiger partial charge in [-0.3, -0.25) is 9.59 Å². The van der Waals surface area contributed by atoms with Crippen LogP contribution >= 0.6 is 0 Å². The SMILES string of the molecule is CCN(CC)CCOc1ccc(N2C(=O)c3cc(OC)c(OC)cc3C2=O)cc1. The van der Waals surface area contributed by atoms with Crippen LogP contribution in [0.3, 0.4) is 0 Å². The molecular formula is C22H26N2O5. The minimum atomic E-state index is -0.388. The number of imide groups is 1. The number of amides is 2. The predicted octanol–water partition coefficient (Wildman–Crippen LogP) is 3.23. The van der Waals surface area contributed by atoms with Gasteiger partial charge in [0, 0.05) is 6.54 Å². The van der Waals surface area contributed by atoms with Crippen molar-refractivity contribution in [3.63, 3.8) is 0 Å². The second kappa shape index (κ2) is 8.96. The van der Waals surface area contributed by atoms with Gasteiger partial charge in [0.1, 0.15) is 12.4 Å². The maximum absolute atomic E-state index is 12.8. The zero-order chi connectivity index (χ0) is 21.0. The highest BCUT2D eigenvalue weighted by Gasteiger charge is 2.38. The number of carbonyl (C=O) groups is 2. The molecule has 7 heteroatoms. The van der Waals surface area contributed by atoms with Crippen LogP contribution < -0.4 is 19.1 Å². The topological polar surface area (TPSA) is 68.3 Å². The van der Waals surface area contributed by atoms with E-state index >= 15 is 0 Å². The van der Waals surface area contributed by atoms with E-state index in [1.165, 1.54) is 14.2 Å². The highest BCUT2D eigenvalue weighted by molar-refractivity contribution is 6.34. The fourth-order valence-electron chi connectivity index (χ4n) is 3.32. The molecule has 0 fully saturated rings. The van der Waals surface area contributed by atoms with Crippen LogP contribution in [0.2, 0.25) is 0 Å². The molecule has 1 heterocycles. The van der Waals surface area contributed by atoms with Crippen molar-refractivity contribution in [3.05, 3.63) is 47.5 Å². The Morgan fingerprint density at radius 3 is 1.83 bits per heavy atom. The molecule has 0 bridgehead atoms. The van der Waals surface area contributed by atoms with Crippen molar-refractivity contribution in [3.8, 4) is 17.2 Å². The first-order valence-corrected chi connectivity index (χ1v) is 9.64. The summed E-state index contributed by atoms with van der Waals surface area (Å²) in [6.07, 6.45) is 0. The summed E-state index contributed by atoms with van der Waals surface area (Å²) >= 11 is 0. The second-order valence-electron chi connectivity index (χ2n) is 6.57. The van der Waals surface area contributed by atoms with Crippen molar-refractivity contribution < 1.29 is 23.8 Å². The minimum absolute atomic E-state index is 0.298. The van der Waals surface area contributed by atoms with Crippen molar-refractivity contribution in [2.75, 3.05) is 45.4 Å². The Hall–Kier alpha value is -3.06. The van der Waals surface area contributed by atoms with Crippen molar-refractivity contribution >= 4 is 17.5 Å². The van der Waals surface area contributed by atoms with Gasteiger partial charge in [-0.25, -0.2) is 4.90 Å². The number of benzene rings is 2. The van der Waals surface area contributed by atoms with Gasteiger partial charge in [-0.1, -0.05) is 13.8 Å². The number of anilines is 1. The van der Waals surface area contributed by atoms with E-state index in [0.717, 1.165) is 24.5 Å². The van der Waals surface area contributed by atoms with E-state index in [1.807, 2.05) is 0 Å². The van der Waals surface area contributed by atoms with Crippen LogP contribution in [0.1, 0.15) is 34.6 Å². The number of rotatable bonds is 9. The summed E-state index contributed by atoms with van der Waals surface area (Å²) in [5, 5.41) is 0. The smallest absolute Gasteiger partial charge is 0.266 e. The van der Waals surface area contributed by atoms with Gasteiger partial charge in [-0.15, -0.1) is 0 Å². The first kappa shape index (κ1) is 20.7. The maximum Gasteiger partial charge on any atom is 0.266 e. The molecule has 0 aliphatic carbocycles. The third kappa shape index (κ3) is 4.05. The van der Waals surface area contributed by atoms with Crippen LogP contribution in [0.15, 0.2) is 36.4 Å². The summed E-state index contributed by atoms with van der Waals surface area (Å²) in [5.74, 6) is 0.737. The lowest BCUT2D eigenvalue weighted by atomic mass is 10.1. The van der Waals surface area contributed by atoms with E-state index in [2.05, 4.69) is 18.7 Å². The molecule has 0 unspecified atom stereocenters. The fraction of sp³-hybridized carbons (Fsp3) is 0.364.